The van der Waals surface area contributed by atoms with Crippen LogP contribution in [0.2, 0.25) is 0 Å². The molecule has 0 spiro atoms. The second-order valence-corrected chi connectivity index (χ2v) is 11.9. The monoisotopic (exact) mass is 520 g/mol. The lowest BCUT2D eigenvalue weighted by molar-refractivity contribution is 0.0863. The summed E-state index contributed by atoms with van der Waals surface area (Å²) in [5, 5.41) is 2.03. The van der Waals surface area contributed by atoms with Gasteiger partial charge in [0.2, 0.25) is 0 Å². The molecule has 1 amide bonds. The van der Waals surface area contributed by atoms with Crippen molar-refractivity contribution in [1.29, 1.82) is 0 Å². The van der Waals surface area contributed by atoms with Crippen molar-refractivity contribution in [2.75, 3.05) is 6.26 Å². The Morgan fingerprint density at radius 3 is 2.08 bits per heavy atom. The number of sulfonamides is 1. The first-order valence-corrected chi connectivity index (χ1v) is 14.1. The standard InChI is InChI=1S/C26H20N2O6S2/c1-35(30,31)24-12-6-7-13-25(24)36(32,33)28(27)26(29)21-15-14-20(18-9-3-4-10-19(18)21)23-16-17-8-2-5-11-22(17)34-23/h2-16H,27H2,1H3. The summed E-state index contributed by atoms with van der Waals surface area (Å²) in [6.45, 7) is 0. The molecule has 0 aliphatic carbocycles. The van der Waals surface area contributed by atoms with Gasteiger partial charge >= 0.3 is 0 Å². The van der Waals surface area contributed by atoms with Crippen LogP contribution in [0.1, 0.15) is 10.4 Å². The summed E-state index contributed by atoms with van der Waals surface area (Å²) in [7, 11) is -8.59. The number of nitrogens with two attached hydrogens (primary N) is 1. The first kappa shape index (κ1) is 23.7. The zero-order valence-electron chi connectivity index (χ0n) is 19.0. The fourth-order valence-corrected chi connectivity index (χ4v) is 6.75. The van der Waals surface area contributed by atoms with Crippen LogP contribution in [-0.2, 0) is 19.9 Å². The lowest BCUT2D eigenvalue weighted by Crippen LogP contribution is -2.43. The molecule has 2 N–H and O–H groups in total. The fourth-order valence-electron chi connectivity index (χ4n) is 4.12. The van der Waals surface area contributed by atoms with E-state index in [2.05, 4.69) is 0 Å². The Hall–Kier alpha value is -3.99. The number of nitrogens with zero attached hydrogens (tertiary/aromatic N) is 1. The van der Waals surface area contributed by atoms with Gasteiger partial charge in [-0.05, 0) is 47.2 Å². The second kappa shape index (κ2) is 8.59. The molecule has 0 aliphatic rings. The van der Waals surface area contributed by atoms with Gasteiger partial charge < -0.3 is 4.42 Å². The van der Waals surface area contributed by atoms with Crippen molar-refractivity contribution >= 4 is 47.5 Å². The van der Waals surface area contributed by atoms with E-state index in [0.29, 0.717) is 27.7 Å². The third-order valence-electron chi connectivity index (χ3n) is 5.83. The predicted octanol–water partition coefficient (Wildman–Crippen LogP) is 4.36. The Bertz CT molecular complexity index is 1840. The normalized spacial score (nSPS) is 12.2. The molecule has 0 aliphatic heterocycles. The van der Waals surface area contributed by atoms with Gasteiger partial charge in [0.05, 0.1) is 4.90 Å². The molecule has 0 atom stereocenters. The molecule has 0 radical (unpaired) electrons. The van der Waals surface area contributed by atoms with Crippen LogP contribution in [0.25, 0.3) is 33.1 Å². The smallest absolute Gasteiger partial charge is 0.282 e. The maximum absolute atomic E-state index is 13.4. The van der Waals surface area contributed by atoms with Crippen molar-refractivity contribution in [3.8, 4) is 11.3 Å². The van der Waals surface area contributed by atoms with E-state index in [4.69, 9.17) is 10.3 Å². The average Bonchev–Trinajstić information content (AvgIpc) is 3.30. The SMILES string of the molecule is CS(=O)(=O)c1ccccc1S(=O)(=O)N(N)C(=O)c1ccc(-c2cc3ccccc3o2)c2ccccc12. The first-order valence-electron chi connectivity index (χ1n) is 10.7. The molecule has 0 bridgehead atoms. The third-order valence-corrected chi connectivity index (χ3v) is 8.71. The Kier molecular flexibility index (Phi) is 5.67. The van der Waals surface area contributed by atoms with E-state index in [1.807, 2.05) is 30.3 Å². The summed E-state index contributed by atoms with van der Waals surface area (Å²) in [5.74, 6) is 5.42. The van der Waals surface area contributed by atoms with Crippen LogP contribution in [0.3, 0.4) is 0 Å². The predicted molar refractivity (Wildman–Crippen MR) is 136 cm³/mol. The van der Waals surface area contributed by atoms with E-state index < -0.39 is 35.6 Å². The number of carbonyl (C=O) groups is 1. The van der Waals surface area contributed by atoms with Gasteiger partial charge in [-0.3, -0.25) is 4.79 Å². The summed E-state index contributed by atoms with van der Waals surface area (Å²) in [6.07, 6.45) is 0.883. The van der Waals surface area contributed by atoms with Gasteiger partial charge in [-0.1, -0.05) is 54.6 Å². The molecule has 0 unspecified atom stereocenters. The summed E-state index contributed by atoms with van der Waals surface area (Å²) in [6, 6.07) is 24.6. The lowest BCUT2D eigenvalue weighted by Gasteiger charge is -2.19. The number of sulfone groups is 1. The van der Waals surface area contributed by atoms with Gasteiger partial charge in [0.15, 0.2) is 9.84 Å². The molecule has 10 heteroatoms. The van der Waals surface area contributed by atoms with Crippen molar-refractivity contribution in [2.24, 2.45) is 5.84 Å². The van der Waals surface area contributed by atoms with Gasteiger partial charge in [0.1, 0.15) is 16.2 Å². The molecule has 1 aromatic heterocycles. The van der Waals surface area contributed by atoms with Gasteiger partial charge in [-0.25, -0.2) is 14.3 Å². The third kappa shape index (κ3) is 3.95. The molecule has 5 aromatic rings. The highest BCUT2D eigenvalue weighted by atomic mass is 32.2. The second-order valence-electron chi connectivity index (χ2n) is 8.18. The minimum Gasteiger partial charge on any atom is -0.456 e. The highest BCUT2D eigenvalue weighted by Gasteiger charge is 2.32. The summed E-state index contributed by atoms with van der Waals surface area (Å²) in [5.41, 5.74) is 1.46. The molecule has 1 heterocycles. The molecule has 0 saturated carbocycles. The fraction of sp³-hybridized carbons (Fsp3) is 0.0385. The topological polar surface area (TPSA) is 128 Å². The Morgan fingerprint density at radius 1 is 0.778 bits per heavy atom. The molecule has 8 nitrogen and oxygen atoms in total. The van der Waals surface area contributed by atoms with Crippen LogP contribution in [0.15, 0.2) is 105 Å². The van der Waals surface area contributed by atoms with E-state index in [1.165, 1.54) is 18.2 Å². The van der Waals surface area contributed by atoms with Crippen LogP contribution in [-0.4, -0.2) is 33.4 Å². The molecule has 5 rings (SSSR count). The zero-order chi connectivity index (χ0) is 25.7. The number of hydrazine groups is 1. The molecule has 36 heavy (non-hydrogen) atoms. The van der Waals surface area contributed by atoms with E-state index in [1.54, 1.807) is 30.3 Å². The lowest BCUT2D eigenvalue weighted by atomic mass is 9.98. The number of benzene rings is 4. The molecule has 182 valence electrons. The number of fused-ring (bicyclic) bond motifs is 2. The Labute approximate surface area is 207 Å². The molecular formula is C26H20N2O6S2. The highest BCUT2D eigenvalue weighted by Crippen LogP contribution is 2.35. The number of carbonyl (C=O) groups excluding carboxylic acids is 1. The first-order chi connectivity index (χ1) is 17.1. The highest BCUT2D eigenvalue weighted by molar-refractivity contribution is 7.93. The van der Waals surface area contributed by atoms with Crippen molar-refractivity contribution in [2.45, 2.75) is 9.79 Å². The molecule has 0 saturated heterocycles. The van der Waals surface area contributed by atoms with Crippen LogP contribution in [0.4, 0.5) is 0 Å². The maximum Gasteiger partial charge on any atom is 0.282 e. The number of para-hydroxylation sites is 1. The van der Waals surface area contributed by atoms with Crippen molar-refractivity contribution < 1.29 is 26.0 Å². The van der Waals surface area contributed by atoms with Gasteiger partial charge in [-0.15, -0.1) is 0 Å². The van der Waals surface area contributed by atoms with Gasteiger partial charge in [0, 0.05) is 22.8 Å². The number of hydrogen-bond acceptors (Lipinski definition) is 7. The summed E-state index contributed by atoms with van der Waals surface area (Å²) >= 11 is 0. The Balaban J connectivity index is 1.62. The van der Waals surface area contributed by atoms with E-state index in [0.717, 1.165) is 23.8 Å². The molecular weight excluding hydrogens is 500 g/mol. The quantitative estimate of drug-likeness (QED) is 0.207. The molecule has 4 aromatic carbocycles. The minimum absolute atomic E-state index is 0.0355. The van der Waals surface area contributed by atoms with Gasteiger partial charge in [-0.2, -0.15) is 12.8 Å². The van der Waals surface area contributed by atoms with Crippen LogP contribution in [0.5, 0.6) is 0 Å². The number of hydrogen-bond donors (Lipinski definition) is 1. The van der Waals surface area contributed by atoms with Gasteiger partial charge in [0.25, 0.3) is 15.9 Å². The largest absolute Gasteiger partial charge is 0.456 e. The summed E-state index contributed by atoms with van der Waals surface area (Å²) < 4.78 is 56.9. The van der Waals surface area contributed by atoms with Crippen LogP contribution < -0.4 is 5.84 Å². The average molecular weight is 521 g/mol. The van der Waals surface area contributed by atoms with Crippen molar-refractivity contribution in [1.82, 2.24) is 4.41 Å². The molecule has 0 fully saturated rings. The van der Waals surface area contributed by atoms with Crippen LogP contribution in [0, 0.1) is 0 Å². The van der Waals surface area contributed by atoms with Crippen molar-refractivity contribution in [3.05, 3.63) is 96.6 Å². The van der Waals surface area contributed by atoms with Crippen LogP contribution >= 0.6 is 0 Å². The van der Waals surface area contributed by atoms with E-state index in [9.17, 15) is 21.6 Å². The van der Waals surface area contributed by atoms with E-state index in [-0.39, 0.29) is 9.98 Å². The number of furan rings is 1. The Morgan fingerprint density at radius 2 is 1.39 bits per heavy atom. The number of rotatable bonds is 5. The minimum atomic E-state index is -4.68. The maximum atomic E-state index is 13.4. The van der Waals surface area contributed by atoms with Crippen molar-refractivity contribution in [3.63, 3.8) is 0 Å². The van der Waals surface area contributed by atoms with E-state index >= 15 is 0 Å². The summed E-state index contributed by atoms with van der Waals surface area (Å²) in [4.78, 5) is 12.4. The zero-order valence-corrected chi connectivity index (χ0v) is 20.6. The number of amides is 1.